The van der Waals surface area contributed by atoms with Crippen LogP contribution in [-0.4, -0.2) is 82.5 Å². The SMILES string of the molecule is C#Cc1c(-c2cc(O)cc3ccc(F)c(C#C)c23)cnc2c(N3CC4CCC(C3)N4)nc(OCC3(CN4CC[C@@H](F)C4)CC3)nc12. The Hall–Kier alpha value is -4.51. The van der Waals surface area contributed by atoms with Gasteiger partial charge < -0.3 is 20.1 Å². The first kappa shape index (κ1) is 28.9. The molecule has 1 aliphatic carbocycles. The van der Waals surface area contributed by atoms with Gasteiger partial charge in [-0.1, -0.05) is 17.9 Å². The second-order valence-electron chi connectivity index (χ2n) is 13.3. The van der Waals surface area contributed by atoms with Gasteiger partial charge in [-0.3, -0.25) is 4.90 Å². The Morgan fingerprint density at radius 1 is 1.00 bits per heavy atom. The first-order valence-electron chi connectivity index (χ1n) is 15.9. The molecule has 3 saturated heterocycles. The third kappa shape index (κ3) is 5.06. The number of hydrogen-bond acceptors (Lipinski definition) is 8. The lowest BCUT2D eigenvalue weighted by molar-refractivity contribution is 0.165. The molecule has 2 aromatic carbocycles. The minimum absolute atomic E-state index is 0.0179. The number of hydrogen-bond donors (Lipinski definition) is 2. The molecule has 4 aromatic rings. The number of rotatable bonds is 7. The monoisotopic (exact) mass is 620 g/mol. The molecular formula is C36H34F2N6O2. The molecule has 4 fully saturated rings. The maximum Gasteiger partial charge on any atom is 0.319 e. The van der Waals surface area contributed by atoms with Crippen molar-refractivity contribution in [1.29, 1.82) is 0 Å². The molecule has 2 unspecified atom stereocenters. The van der Waals surface area contributed by atoms with Gasteiger partial charge in [-0.25, -0.2) is 13.8 Å². The average molecular weight is 621 g/mol. The zero-order valence-corrected chi connectivity index (χ0v) is 25.4. The summed E-state index contributed by atoms with van der Waals surface area (Å²) in [7, 11) is 0. The summed E-state index contributed by atoms with van der Waals surface area (Å²) in [5.74, 6) is 5.38. The van der Waals surface area contributed by atoms with Crippen LogP contribution in [0.1, 0.15) is 43.2 Å². The van der Waals surface area contributed by atoms with E-state index in [0.717, 1.165) is 51.9 Å². The van der Waals surface area contributed by atoms with Crippen LogP contribution in [0.4, 0.5) is 14.6 Å². The van der Waals surface area contributed by atoms with Gasteiger partial charge in [0.15, 0.2) is 5.82 Å². The molecule has 234 valence electrons. The highest BCUT2D eigenvalue weighted by Crippen LogP contribution is 2.47. The summed E-state index contributed by atoms with van der Waals surface area (Å²) in [5.41, 5.74) is 2.37. The van der Waals surface area contributed by atoms with Gasteiger partial charge >= 0.3 is 6.01 Å². The summed E-state index contributed by atoms with van der Waals surface area (Å²) >= 11 is 0. The number of fused-ring (bicyclic) bond motifs is 4. The van der Waals surface area contributed by atoms with Crippen molar-refractivity contribution >= 4 is 27.6 Å². The highest BCUT2D eigenvalue weighted by molar-refractivity contribution is 6.05. The van der Waals surface area contributed by atoms with Gasteiger partial charge in [0.05, 0.1) is 17.7 Å². The van der Waals surface area contributed by atoms with E-state index in [0.29, 0.717) is 76.0 Å². The van der Waals surface area contributed by atoms with Crippen molar-refractivity contribution in [2.75, 3.05) is 44.2 Å². The number of benzene rings is 2. The largest absolute Gasteiger partial charge is 0.508 e. The van der Waals surface area contributed by atoms with E-state index in [-0.39, 0.29) is 22.7 Å². The number of alkyl halides is 1. The zero-order valence-electron chi connectivity index (χ0n) is 25.4. The number of piperazine rings is 1. The minimum Gasteiger partial charge on any atom is -0.508 e. The summed E-state index contributed by atoms with van der Waals surface area (Å²) in [6.07, 6.45) is 17.6. The van der Waals surface area contributed by atoms with Gasteiger partial charge in [-0.2, -0.15) is 9.97 Å². The number of nitrogens with one attached hydrogen (secondary N) is 1. The molecule has 8 nitrogen and oxygen atoms in total. The molecule has 0 radical (unpaired) electrons. The summed E-state index contributed by atoms with van der Waals surface area (Å²) in [6.45, 7) is 3.97. The predicted molar refractivity (Wildman–Crippen MR) is 173 cm³/mol. The average Bonchev–Trinajstić information content (AvgIpc) is 3.57. The van der Waals surface area contributed by atoms with Crippen molar-refractivity contribution in [3.8, 4) is 47.6 Å². The molecule has 4 aliphatic rings. The number of nitrogens with zero attached hydrogens (tertiary/aromatic N) is 5. The number of halogens is 2. The number of likely N-dealkylation sites (tertiary alicyclic amines) is 1. The van der Waals surface area contributed by atoms with E-state index in [2.05, 4.69) is 27.0 Å². The summed E-state index contributed by atoms with van der Waals surface area (Å²) in [4.78, 5) is 19.0. The van der Waals surface area contributed by atoms with Crippen molar-refractivity contribution in [3.63, 3.8) is 0 Å². The highest BCUT2D eigenvalue weighted by Gasteiger charge is 2.46. The van der Waals surface area contributed by atoms with Crippen LogP contribution in [0.2, 0.25) is 0 Å². The molecule has 8 rings (SSSR count). The zero-order chi connectivity index (χ0) is 31.6. The molecule has 3 aliphatic heterocycles. The predicted octanol–water partition coefficient (Wildman–Crippen LogP) is 4.80. The van der Waals surface area contributed by atoms with Crippen LogP contribution in [0.25, 0.3) is 32.9 Å². The van der Waals surface area contributed by atoms with Crippen LogP contribution in [-0.2, 0) is 0 Å². The first-order valence-corrected chi connectivity index (χ1v) is 15.9. The van der Waals surface area contributed by atoms with E-state index in [1.807, 2.05) is 0 Å². The van der Waals surface area contributed by atoms with Crippen LogP contribution < -0.4 is 15.0 Å². The Kier molecular flexibility index (Phi) is 6.97. The van der Waals surface area contributed by atoms with E-state index >= 15 is 0 Å². The van der Waals surface area contributed by atoms with Crippen LogP contribution >= 0.6 is 0 Å². The van der Waals surface area contributed by atoms with Crippen LogP contribution in [0, 0.1) is 35.9 Å². The van der Waals surface area contributed by atoms with E-state index in [1.165, 1.54) is 18.2 Å². The van der Waals surface area contributed by atoms with Crippen LogP contribution in [0.3, 0.4) is 0 Å². The van der Waals surface area contributed by atoms with Gasteiger partial charge in [0, 0.05) is 67.4 Å². The fraction of sp³-hybridized carbons (Fsp3) is 0.417. The van der Waals surface area contributed by atoms with Gasteiger partial charge in [0.2, 0.25) is 0 Å². The number of aromatic nitrogens is 3. The normalized spacial score (nSPS) is 23.5. The Labute approximate surface area is 266 Å². The van der Waals surface area contributed by atoms with Crippen molar-refractivity contribution in [2.45, 2.75) is 50.4 Å². The van der Waals surface area contributed by atoms with Crippen LogP contribution in [0.15, 0.2) is 30.5 Å². The summed E-state index contributed by atoms with van der Waals surface area (Å²) in [5, 5.41) is 15.4. The lowest BCUT2D eigenvalue weighted by Gasteiger charge is -2.34. The first-order chi connectivity index (χ1) is 22.3. The quantitative estimate of drug-likeness (QED) is 0.285. The van der Waals surface area contributed by atoms with E-state index in [1.54, 1.807) is 12.3 Å². The molecule has 46 heavy (non-hydrogen) atoms. The molecule has 0 amide bonds. The molecule has 5 heterocycles. The lowest BCUT2D eigenvalue weighted by atomic mass is 9.92. The number of phenols is 1. The molecule has 2 bridgehead atoms. The Balaban J connectivity index is 1.25. The molecule has 1 saturated carbocycles. The van der Waals surface area contributed by atoms with Crippen molar-refractivity contribution in [1.82, 2.24) is 25.2 Å². The number of terminal acetylenes is 2. The van der Waals surface area contributed by atoms with Gasteiger partial charge in [-0.05, 0) is 61.3 Å². The fourth-order valence-corrected chi connectivity index (χ4v) is 7.57. The Morgan fingerprint density at radius 2 is 1.78 bits per heavy atom. The maximum atomic E-state index is 14.9. The number of aromatic hydroxyl groups is 1. The maximum absolute atomic E-state index is 14.9. The molecule has 10 heteroatoms. The van der Waals surface area contributed by atoms with Gasteiger partial charge in [0.25, 0.3) is 0 Å². The Bertz CT molecular complexity index is 1950. The van der Waals surface area contributed by atoms with Gasteiger partial charge in [-0.15, -0.1) is 12.8 Å². The molecular weight excluding hydrogens is 586 g/mol. The molecule has 2 aromatic heterocycles. The topological polar surface area (TPSA) is 86.6 Å². The van der Waals surface area contributed by atoms with Gasteiger partial charge in [0.1, 0.15) is 28.8 Å². The van der Waals surface area contributed by atoms with Crippen molar-refractivity contribution < 1.29 is 18.6 Å². The van der Waals surface area contributed by atoms with E-state index < -0.39 is 12.0 Å². The molecule has 0 spiro atoms. The Morgan fingerprint density at radius 3 is 2.48 bits per heavy atom. The third-order valence-electron chi connectivity index (χ3n) is 10.1. The minimum atomic E-state index is -0.766. The second-order valence-corrected chi connectivity index (χ2v) is 13.3. The number of anilines is 1. The summed E-state index contributed by atoms with van der Waals surface area (Å²) < 4.78 is 35.2. The van der Waals surface area contributed by atoms with Crippen molar-refractivity contribution in [3.05, 3.63) is 47.4 Å². The van der Waals surface area contributed by atoms with E-state index in [9.17, 15) is 13.9 Å². The van der Waals surface area contributed by atoms with Crippen molar-refractivity contribution in [2.24, 2.45) is 5.41 Å². The van der Waals surface area contributed by atoms with E-state index in [4.69, 9.17) is 32.5 Å². The number of pyridine rings is 1. The number of ether oxygens (including phenoxy) is 1. The smallest absolute Gasteiger partial charge is 0.319 e. The molecule has 3 atom stereocenters. The third-order valence-corrected chi connectivity index (χ3v) is 10.1. The fourth-order valence-electron chi connectivity index (χ4n) is 7.57. The standard InChI is InChI=1S/C36H34F2N6O2/c1-3-26-29(28-14-25(45)13-21-5-8-30(38)27(4-2)31(21)28)15-39-33-32(26)41-35(42-34(33)44-17-23-6-7-24(18-44)40-23)46-20-36(10-11-36)19-43-12-9-22(37)16-43/h1-2,5,8,13-15,22-24,40,45H,6-7,9-12,16-20H2/t22-,23?,24?/m1/s1. The summed E-state index contributed by atoms with van der Waals surface area (Å²) in [6, 6.07) is 6.84. The second kappa shape index (κ2) is 11.1. The van der Waals surface area contributed by atoms with Crippen LogP contribution in [0.5, 0.6) is 11.8 Å². The molecule has 2 N–H and O–H groups in total. The highest BCUT2D eigenvalue weighted by atomic mass is 19.1. The lowest BCUT2D eigenvalue weighted by Crippen LogP contribution is -2.51. The number of phenolic OH excluding ortho intramolecular Hbond substituents is 1.